The number of aromatic nitrogens is 1. The number of hydrogen-bond acceptors (Lipinski definition) is 3. The Morgan fingerprint density at radius 2 is 1.95 bits per heavy atom. The fraction of sp³-hybridized carbons (Fsp3) is 0.533. The zero-order valence-corrected chi connectivity index (χ0v) is 11.9. The molecule has 0 unspecified atom stereocenters. The normalized spacial score (nSPS) is 15.8. The van der Waals surface area contributed by atoms with Crippen molar-refractivity contribution in [2.45, 2.75) is 26.2 Å². The van der Waals surface area contributed by atoms with Gasteiger partial charge in [-0.25, -0.2) is 0 Å². The van der Waals surface area contributed by atoms with Gasteiger partial charge in [-0.15, -0.1) is 0 Å². The zero-order chi connectivity index (χ0) is 14.4. The summed E-state index contributed by atoms with van der Waals surface area (Å²) in [4.78, 5) is 31.9. The first-order chi connectivity index (χ1) is 9.72. The van der Waals surface area contributed by atoms with Crippen molar-refractivity contribution in [3.05, 3.63) is 30.1 Å². The second kappa shape index (κ2) is 7.03. The van der Waals surface area contributed by atoms with Gasteiger partial charge in [-0.2, -0.15) is 0 Å². The Bertz CT molecular complexity index is 461. The van der Waals surface area contributed by atoms with Gasteiger partial charge in [0.25, 0.3) is 5.91 Å². The van der Waals surface area contributed by atoms with Crippen LogP contribution < -0.4 is 0 Å². The standard InChI is InChI=1S/C15H21N3O2/c1-2-5-14(19)17-8-4-9-18(11-10-17)15(20)13-6-3-7-16-12-13/h3,6-7,12H,2,4-5,8-11H2,1H3. The number of amides is 2. The largest absolute Gasteiger partial charge is 0.341 e. The summed E-state index contributed by atoms with van der Waals surface area (Å²) in [6, 6.07) is 3.54. The van der Waals surface area contributed by atoms with E-state index in [1.165, 1.54) is 0 Å². The Labute approximate surface area is 119 Å². The number of rotatable bonds is 3. The van der Waals surface area contributed by atoms with Crippen LogP contribution in [0.2, 0.25) is 0 Å². The molecule has 2 amide bonds. The van der Waals surface area contributed by atoms with Crippen molar-refractivity contribution in [1.82, 2.24) is 14.8 Å². The molecular weight excluding hydrogens is 254 g/mol. The number of pyridine rings is 1. The van der Waals surface area contributed by atoms with Gasteiger partial charge in [0.15, 0.2) is 0 Å². The van der Waals surface area contributed by atoms with Crippen LogP contribution in [0.25, 0.3) is 0 Å². The van der Waals surface area contributed by atoms with Crippen LogP contribution in [-0.2, 0) is 4.79 Å². The van der Waals surface area contributed by atoms with E-state index in [-0.39, 0.29) is 11.8 Å². The Morgan fingerprint density at radius 3 is 2.65 bits per heavy atom. The van der Waals surface area contributed by atoms with Crippen LogP contribution in [0.5, 0.6) is 0 Å². The average molecular weight is 275 g/mol. The van der Waals surface area contributed by atoms with E-state index in [2.05, 4.69) is 4.98 Å². The summed E-state index contributed by atoms with van der Waals surface area (Å²) in [7, 11) is 0. The van der Waals surface area contributed by atoms with Crippen LogP contribution in [0, 0.1) is 0 Å². The summed E-state index contributed by atoms with van der Waals surface area (Å²) in [6.07, 6.45) is 5.54. The molecule has 1 aliphatic heterocycles. The number of hydrogen-bond donors (Lipinski definition) is 0. The topological polar surface area (TPSA) is 53.5 Å². The van der Waals surface area contributed by atoms with E-state index in [1.54, 1.807) is 24.5 Å². The number of carbonyl (C=O) groups is 2. The van der Waals surface area contributed by atoms with Crippen molar-refractivity contribution in [1.29, 1.82) is 0 Å². The van der Waals surface area contributed by atoms with E-state index in [0.29, 0.717) is 31.6 Å². The lowest BCUT2D eigenvalue weighted by molar-refractivity contribution is -0.131. The van der Waals surface area contributed by atoms with Gasteiger partial charge in [0, 0.05) is 45.0 Å². The summed E-state index contributed by atoms with van der Waals surface area (Å²) in [6.45, 7) is 4.68. The molecule has 5 heteroatoms. The van der Waals surface area contributed by atoms with Crippen molar-refractivity contribution in [2.24, 2.45) is 0 Å². The van der Waals surface area contributed by atoms with Crippen molar-refractivity contribution in [3.8, 4) is 0 Å². The smallest absolute Gasteiger partial charge is 0.255 e. The molecule has 2 rings (SSSR count). The highest BCUT2D eigenvalue weighted by molar-refractivity contribution is 5.93. The first kappa shape index (κ1) is 14.5. The minimum absolute atomic E-state index is 0.00268. The maximum absolute atomic E-state index is 12.3. The molecule has 0 radical (unpaired) electrons. The van der Waals surface area contributed by atoms with Crippen molar-refractivity contribution < 1.29 is 9.59 Å². The Morgan fingerprint density at radius 1 is 1.20 bits per heavy atom. The molecule has 20 heavy (non-hydrogen) atoms. The van der Waals surface area contributed by atoms with Gasteiger partial charge in [-0.05, 0) is 25.0 Å². The molecule has 108 valence electrons. The summed E-state index contributed by atoms with van der Waals surface area (Å²) in [5.41, 5.74) is 0.612. The fourth-order valence-electron chi connectivity index (χ4n) is 2.41. The summed E-state index contributed by atoms with van der Waals surface area (Å²) < 4.78 is 0. The van der Waals surface area contributed by atoms with Crippen LogP contribution in [0.1, 0.15) is 36.5 Å². The highest BCUT2D eigenvalue weighted by atomic mass is 16.2. The predicted octanol–water partition coefficient (Wildman–Crippen LogP) is 1.56. The van der Waals surface area contributed by atoms with Gasteiger partial charge in [0.1, 0.15) is 0 Å². The average Bonchev–Trinajstić information content (AvgIpc) is 2.73. The first-order valence-corrected chi connectivity index (χ1v) is 7.19. The molecule has 0 atom stereocenters. The molecule has 0 spiro atoms. The van der Waals surface area contributed by atoms with Gasteiger partial charge in [-0.1, -0.05) is 6.92 Å². The molecule has 2 heterocycles. The Kier molecular flexibility index (Phi) is 5.09. The van der Waals surface area contributed by atoms with E-state index in [1.807, 2.05) is 16.7 Å². The molecule has 1 fully saturated rings. The van der Waals surface area contributed by atoms with Crippen LogP contribution in [-0.4, -0.2) is 52.8 Å². The molecule has 0 saturated carbocycles. The van der Waals surface area contributed by atoms with Crippen LogP contribution in [0.15, 0.2) is 24.5 Å². The van der Waals surface area contributed by atoms with Gasteiger partial charge >= 0.3 is 0 Å². The second-order valence-corrected chi connectivity index (χ2v) is 5.02. The third-order valence-corrected chi connectivity index (χ3v) is 3.51. The first-order valence-electron chi connectivity index (χ1n) is 7.19. The lowest BCUT2D eigenvalue weighted by atomic mass is 10.2. The van der Waals surface area contributed by atoms with Crippen molar-refractivity contribution >= 4 is 11.8 Å². The van der Waals surface area contributed by atoms with Crippen LogP contribution in [0.4, 0.5) is 0 Å². The molecule has 1 aromatic rings. The monoisotopic (exact) mass is 275 g/mol. The SMILES string of the molecule is CCCC(=O)N1CCCN(C(=O)c2cccnc2)CC1. The van der Waals surface area contributed by atoms with Crippen molar-refractivity contribution in [2.75, 3.05) is 26.2 Å². The predicted molar refractivity (Wildman–Crippen MR) is 76.2 cm³/mol. The number of nitrogens with zero attached hydrogens (tertiary/aromatic N) is 3. The lowest BCUT2D eigenvalue weighted by Gasteiger charge is -2.22. The summed E-state index contributed by atoms with van der Waals surface area (Å²) in [5.74, 6) is 0.200. The quantitative estimate of drug-likeness (QED) is 0.841. The summed E-state index contributed by atoms with van der Waals surface area (Å²) >= 11 is 0. The molecule has 5 nitrogen and oxygen atoms in total. The molecule has 1 aromatic heterocycles. The van der Waals surface area contributed by atoms with E-state index in [4.69, 9.17) is 0 Å². The Balaban J connectivity index is 1.96. The second-order valence-electron chi connectivity index (χ2n) is 5.02. The van der Waals surface area contributed by atoms with Gasteiger partial charge < -0.3 is 9.80 Å². The third kappa shape index (κ3) is 3.56. The van der Waals surface area contributed by atoms with Crippen LogP contribution >= 0.6 is 0 Å². The minimum Gasteiger partial charge on any atom is -0.341 e. The van der Waals surface area contributed by atoms with E-state index >= 15 is 0 Å². The maximum atomic E-state index is 12.3. The van der Waals surface area contributed by atoms with E-state index in [9.17, 15) is 9.59 Å². The molecule has 0 bridgehead atoms. The van der Waals surface area contributed by atoms with Gasteiger partial charge in [0.2, 0.25) is 5.91 Å². The highest BCUT2D eigenvalue weighted by Crippen LogP contribution is 2.09. The zero-order valence-electron chi connectivity index (χ0n) is 11.9. The van der Waals surface area contributed by atoms with Gasteiger partial charge in [-0.3, -0.25) is 14.6 Å². The minimum atomic E-state index is 0.00268. The van der Waals surface area contributed by atoms with Gasteiger partial charge in [0.05, 0.1) is 5.56 Å². The molecule has 0 aliphatic carbocycles. The highest BCUT2D eigenvalue weighted by Gasteiger charge is 2.22. The lowest BCUT2D eigenvalue weighted by Crippen LogP contribution is -2.37. The number of carbonyl (C=O) groups excluding carboxylic acids is 2. The Hall–Kier alpha value is -1.91. The maximum Gasteiger partial charge on any atom is 0.255 e. The molecule has 0 N–H and O–H groups in total. The van der Waals surface area contributed by atoms with Crippen LogP contribution in [0.3, 0.4) is 0 Å². The molecule has 1 aliphatic rings. The molecule has 0 aromatic carbocycles. The molecular formula is C15H21N3O2. The summed E-state index contributed by atoms with van der Waals surface area (Å²) in [5, 5.41) is 0. The van der Waals surface area contributed by atoms with E-state index in [0.717, 1.165) is 19.4 Å². The molecule has 1 saturated heterocycles. The fourth-order valence-corrected chi connectivity index (χ4v) is 2.41. The van der Waals surface area contributed by atoms with Crippen molar-refractivity contribution in [3.63, 3.8) is 0 Å². The van der Waals surface area contributed by atoms with E-state index < -0.39 is 0 Å². The third-order valence-electron chi connectivity index (χ3n) is 3.51.